The number of hydrogen-bond acceptors (Lipinski definition) is 3. The third-order valence-electron chi connectivity index (χ3n) is 2.92. The van der Waals surface area contributed by atoms with Crippen LogP contribution in [0.5, 0.6) is 5.75 Å². The van der Waals surface area contributed by atoms with Crippen LogP contribution >= 0.6 is 15.9 Å². The first-order valence-electron chi connectivity index (χ1n) is 5.97. The molecule has 1 aromatic rings. The first-order chi connectivity index (χ1) is 8.12. The van der Waals surface area contributed by atoms with Crippen molar-refractivity contribution in [3.05, 3.63) is 28.2 Å². The number of aliphatic hydroxyl groups excluding tert-OH is 1. The summed E-state index contributed by atoms with van der Waals surface area (Å²) in [6.45, 7) is 4.20. The van der Waals surface area contributed by atoms with Crippen LogP contribution in [0.4, 0.5) is 0 Å². The minimum Gasteiger partial charge on any atom is -0.508 e. The van der Waals surface area contributed by atoms with E-state index >= 15 is 0 Å². The first-order valence-corrected chi connectivity index (χ1v) is 6.76. The van der Waals surface area contributed by atoms with Gasteiger partial charge >= 0.3 is 0 Å². The van der Waals surface area contributed by atoms with Crippen LogP contribution in [0.2, 0.25) is 0 Å². The summed E-state index contributed by atoms with van der Waals surface area (Å²) in [6.07, 6.45) is 1.72. The average molecular weight is 302 g/mol. The summed E-state index contributed by atoms with van der Waals surface area (Å²) in [5, 5.41) is 22.4. The number of benzene rings is 1. The van der Waals surface area contributed by atoms with E-state index in [4.69, 9.17) is 0 Å². The van der Waals surface area contributed by atoms with E-state index in [1.807, 2.05) is 19.1 Å². The number of phenolic OH excluding ortho intramolecular Hbond substituents is 1. The number of aliphatic hydroxyl groups is 1. The van der Waals surface area contributed by atoms with Crippen molar-refractivity contribution in [2.75, 3.05) is 6.61 Å². The Hall–Kier alpha value is -0.580. The van der Waals surface area contributed by atoms with Crippen LogP contribution in [-0.2, 0) is 0 Å². The van der Waals surface area contributed by atoms with Gasteiger partial charge in [0.2, 0.25) is 0 Å². The highest BCUT2D eigenvalue weighted by Gasteiger charge is 2.17. The number of halogens is 1. The van der Waals surface area contributed by atoms with Gasteiger partial charge in [-0.2, -0.15) is 0 Å². The predicted molar refractivity (Wildman–Crippen MR) is 73.1 cm³/mol. The van der Waals surface area contributed by atoms with Crippen molar-refractivity contribution in [3.8, 4) is 5.75 Å². The van der Waals surface area contributed by atoms with Crippen LogP contribution < -0.4 is 5.32 Å². The summed E-state index contributed by atoms with van der Waals surface area (Å²) in [5.41, 5.74) is 0.869. The van der Waals surface area contributed by atoms with Gasteiger partial charge in [-0.3, -0.25) is 0 Å². The molecule has 17 heavy (non-hydrogen) atoms. The molecule has 0 heterocycles. The quantitative estimate of drug-likeness (QED) is 0.757. The zero-order valence-corrected chi connectivity index (χ0v) is 11.9. The molecule has 0 aliphatic rings. The largest absolute Gasteiger partial charge is 0.508 e. The molecular weight excluding hydrogens is 282 g/mol. The van der Waals surface area contributed by atoms with Crippen molar-refractivity contribution in [2.24, 2.45) is 0 Å². The number of nitrogens with one attached hydrogen (secondary N) is 1. The smallest absolute Gasteiger partial charge is 0.120 e. The van der Waals surface area contributed by atoms with Crippen molar-refractivity contribution in [1.29, 1.82) is 0 Å². The van der Waals surface area contributed by atoms with Crippen LogP contribution in [-0.4, -0.2) is 22.9 Å². The SMILES string of the molecule is CCC(N[C@@H](CC)CO)c1cc(Br)ccc1O. The van der Waals surface area contributed by atoms with Crippen molar-refractivity contribution < 1.29 is 10.2 Å². The lowest BCUT2D eigenvalue weighted by Gasteiger charge is -2.24. The molecule has 1 unspecified atom stereocenters. The Balaban J connectivity index is 2.89. The number of hydrogen-bond donors (Lipinski definition) is 3. The molecule has 0 spiro atoms. The second-order valence-corrected chi connectivity index (χ2v) is 5.03. The van der Waals surface area contributed by atoms with Crippen molar-refractivity contribution in [2.45, 2.75) is 38.8 Å². The Kier molecular flexibility index (Phi) is 5.95. The molecule has 0 saturated heterocycles. The highest BCUT2D eigenvalue weighted by atomic mass is 79.9. The number of aromatic hydroxyl groups is 1. The van der Waals surface area contributed by atoms with Crippen LogP contribution in [0.3, 0.4) is 0 Å². The molecule has 0 aliphatic carbocycles. The standard InChI is InChI=1S/C13H20BrNO2/c1-3-10(8-16)15-12(4-2)11-7-9(14)5-6-13(11)17/h5-7,10,12,15-17H,3-4,8H2,1-2H3/t10-,12?/m0/s1. The van der Waals surface area contributed by atoms with E-state index in [0.717, 1.165) is 22.9 Å². The van der Waals surface area contributed by atoms with E-state index in [1.54, 1.807) is 6.07 Å². The van der Waals surface area contributed by atoms with E-state index in [9.17, 15) is 10.2 Å². The predicted octanol–water partition coefficient (Wildman–Crippen LogP) is 2.97. The average Bonchev–Trinajstić information content (AvgIpc) is 2.34. The minimum atomic E-state index is 0.0598. The van der Waals surface area contributed by atoms with Gasteiger partial charge in [0, 0.05) is 22.1 Å². The van der Waals surface area contributed by atoms with Crippen LogP contribution in [0, 0.1) is 0 Å². The van der Waals surface area contributed by atoms with Gasteiger partial charge in [0.1, 0.15) is 5.75 Å². The van der Waals surface area contributed by atoms with Crippen LogP contribution in [0.1, 0.15) is 38.3 Å². The maximum absolute atomic E-state index is 9.87. The molecule has 0 saturated carbocycles. The summed E-state index contributed by atoms with van der Waals surface area (Å²) in [4.78, 5) is 0. The Morgan fingerprint density at radius 2 is 2.00 bits per heavy atom. The topological polar surface area (TPSA) is 52.5 Å². The fourth-order valence-corrected chi connectivity index (χ4v) is 2.19. The molecule has 0 amide bonds. The third kappa shape index (κ3) is 3.98. The van der Waals surface area contributed by atoms with Gasteiger partial charge in [0.05, 0.1) is 6.61 Å². The summed E-state index contributed by atoms with van der Waals surface area (Å²) < 4.78 is 0.947. The fourth-order valence-electron chi connectivity index (χ4n) is 1.82. The molecular formula is C13H20BrNO2. The van der Waals surface area contributed by atoms with Crippen molar-refractivity contribution in [1.82, 2.24) is 5.32 Å². The lowest BCUT2D eigenvalue weighted by Crippen LogP contribution is -2.35. The molecule has 96 valence electrons. The maximum Gasteiger partial charge on any atom is 0.120 e. The molecule has 0 fully saturated rings. The van der Waals surface area contributed by atoms with E-state index in [2.05, 4.69) is 28.2 Å². The van der Waals surface area contributed by atoms with E-state index in [1.165, 1.54) is 0 Å². The maximum atomic E-state index is 9.87. The monoisotopic (exact) mass is 301 g/mol. The molecule has 3 N–H and O–H groups in total. The molecule has 0 radical (unpaired) electrons. The Morgan fingerprint density at radius 1 is 1.29 bits per heavy atom. The Morgan fingerprint density at radius 3 is 2.53 bits per heavy atom. The van der Waals surface area contributed by atoms with Gasteiger partial charge in [-0.15, -0.1) is 0 Å². The van der Waals surface area contributed by atoms with Crippen molar-refractivity contribution >= 4 is 15.9 Å². The molecule has 0 bridgehead atoms. The van der Waals surface area contributed by atoms with Crippen molar-refractivity contribution in [3.63, 3.8) is 0 Å². The second kappa shape index (κ2) is 6.99. The first kappa shape index (κ1) is 14.5. The van der Waals surface area contributed by atoms with E-state index in [0.29, 0.717) is 5.75 Å². The van der Waals surface area contributed by atoms with Gasteiger partial charge in [-0.05, 0) is 31.0 Å². The summed E-state index contributed by atoms with van der Waals surface area (Å²) in [7, 11) is 0. The lowest BCUT2D eigenvalue weighted by molar-refractivity contribution is 0.225. The van der Waals surface area contributed by atoms with Gasteiger partial charge < -0.3 is 15.5 Å². The highest BCUT2D eigenvalue weighted by Crippen LogP contribution is 2.29. The molecule has 1 rings (SSSR count). The van der Waals surface area contributed by atoms with E-state index < -0.39 is 0 Å². The Bertz CT molecular complexity index is 353. The number of phenols is 1. The normalized spacial score (nSPS) is 14.6. The van der Waals surface area contributed by atoms with Gasteiger partial charge in [0.25, 0.3) is 0 Å². The molecule has 0 aliphatic heterocycles. The lowest BCUT2D eigenvalue weighted by atomic mass is 10.0. The second-order valence-electron chi connectivity index (χ2n) is 4.12. The Labute approximate surface area is 111 Å². The highest BCUT2D eigenvalue weighted by molar-refractivity contribution is 9.10. The molecule has 4 heteroatoms. The fraction of sp³-hybridized carbons (Fsp3) is 0.538. The molecule has 3 nitrogen and oxygen atoms in total. The summed E-state index contributed by atoms with van der Waals surface area (Å²) in [6, 6.07) is 5.54. The van der Waals surface area contributed by atoms with E-state index in [-0.39, 0.29) is 18.7 Å². The zero-order valence-electron chi connectivity index (χ0n) is 10.3. The number of rotatable bonds is 6. The van der Waals surface area contributed by atoms with Gasteiger partial charge in [0.15, 0.2) is 0 Å². The van der Waals surface area contributed by atoms with Crippen LogP contribution in [0.25, 0.3) is 0 Å². The summed E-state index contributed by atoms with van der Waals surface area (Å²) >= 11 is 3.41. The molecule has 2 atom stereocenters. The minimum absolute atomic E-state index is 0.0598. The van der Waals surface area contributed by atoms with Gasteiger partial charge in [-0.1, -0.05) is 29.8 Å². The van der Waals surface area contributed by atoms with Crippen LogP contribution in [0.15, 0.2) is 22.7 Å². The molecule has 0 aromatic heterocycles. The summed E-state index contributed by atoms with van der Waals surface area (Å²) in [5.74, 6) is 0.292. The van der Waals surface area contributed by atoms with Gasteiger partial charge in [-0.25, -0.2) is 0 Å². The molecule has 1 aromatic carbocycles. The third-order valence-corrected chi connectivity index (χ3v) is 3.42. The zero-order chi connectivity index (χ0) is 12.8.